The smallest absolute Gasteiger partial charge is 0.0130 e. The quantitative estimate of drug-likeness (QED) is 0.266. The minimum Gasteiger partial charge on any atom is -0.0579 e. The predicted molar refractivity (Wildman–Crippen MR) is 176 cm³/mol. The van der Waals surface area contributed by atoms with Gasteiger partial charge in [-0.15, -0.1) is 0 Å². The van der Waals surface area contributed by atoms with Crippen LogP contribution in [0.15, 0.2) is 4.51 Å². The van der Waals surface area contributed by atoms with E-state index in [0.29, 0.717) is 11.1 Å². The second kappa shape index (κ2) is 12.9. The summed E-state index contributed by atoms with van der Waals surface area (Å²) in [6, 6.07) is 0. The van der Waals surface area contributed by atoms with E-state index < -0.39 is 27.4 Å². The van der Waals surface area contributed by atoms with Crippen molar-refractivity contribution in [2.24, 2.45) is 40.0 Å². The summed E-state index contributed by atoms with van der Waals surface area (Å²) in [7, 11) is 0. The Balaban J connectivity index is 0.000000138. The Kier molecular flexibility index (Phi) is 10.1. The standard InChI is InChI=1S/2C10H15N.2C10H15.U/c2*11-10-4-7-1-8(5-10)3-9(2-7)6-10;2*1-6-7(2)9(4)10(5)8(6)3;/h2*7-9H,1-6H2;2*1-5H3;/q;;;;+2. The largest absolute Gasteiger partial charge is 0.0579 e. The molecule has 10 aliphatic rings. The van der Waals surface area contributed by atoms with Crippen LogP contribution in [0, 0.1) is 122 Å². The van der Waals surface area contributed by atoms with E-state index in [2.05, 4.69) is 69.2 Å². The van der Waals surface area contributed by atoms with Crippen molar-refractivity contribution in [2.45, 2.75) is 157 Å². The molecule has 10 rings (SSSR count). The second-order valence-corrected chi connectivity index (χ2v) is 19.6. The van der Waals surface area contributed by atoms with Crippen molar-refractivity contribution in [2.75, 3.05) is 0 Å². The third-order valence-electron chi connectivity index (χ3n) is 14.2. The fourth-order valence-electron chi connectivity index (χ4n) is 11.5. The SMILES string of the molecule is C1C2CC3CC1CC([N]=[U+2]=[N]C14CC5CC(CC(C5)C1)C4)(C2)C3.C[C]1[C](C)[C](C)[C](C)[C]1C.C[C]1[C](C)[C](C)[C](C)[C]1C. The molecule has 2 nitrogen and oxygen atoms in total. The van der Waals surface area contributed by atoms with Crippen molar-refractivity contribution in [3.63, 3.8) is 0 Å². The first-order valence-electron chi connectivity index (χ1n) is 17.9. The summed E-state index contributed by atoms with van der Waals surface area (Å²) in [6.07, 6.45) is 18.1. The van der Waals surface area contributed by atoms with Crippen LogP contribution >= 0.6 is 0 Å². The molecule has 0 atom stereocenters. The minimum atomic E-state index is -1.25. The molecule has 0 amide bonds. The Morgan fingerprint density at radius 1 is 0.349 bits per heavy atom. The number of nitrogens with zero attached hydrogens (tertiary/aromatic N) is 2. The maximum Gasteiger partial charge on any atom is -0.0130 e. The molecular weight excluding hydrogens is 746 g/mol. The third-order valence-corrected chi connectivity index (χ3v) is 19.0. The summed E-state index contributed by atoms with van der Waals surface area (Å²) in [6.45, 7) is 22.0. The van der Waals surface area contributed by atoms with Gasteiger partial charge in [0.1, 0.15) is 0 Å². The molecule has 0 aromatic heterocycles. The van der Waals surface area contributed by atoms with E-state index in [9.17, 15) is 0 Å². The Morgan fingerprint density at radius 3 is 0.674 bits per heavy atom. The van der Waals surface area contributed by atoms with Gasteiger partial charge in [0.25, 0.3) is 0 Å². The number of hydrogen-bond acceptors (Lipinski definition) is 2. The molecule has 0 aromatic carbocycles. The van der Waals surface area contributed by atoms with Crippen LogP contribution in [-0.2, 0) is 0 Å². The normalized spacial score (nSPS) is 44.4. The molecule has 8 bridgehead atoms. The first kappa shape index (κ1) is 33.5. The van der Waals surface area contributed by atoms with Gasteiger partial charge in [0, 0.05) is 0 Å². The number of hydrogen-bond donors (Lipinski definition) is 0. The number of rotatable bonds is 2. The summed E-state index contributed by atoms with van der Waals surface area (Å²) >= 11 is -1.25. The van der Waals surface area contributed by atoms with E-state index >= 15 is 0 Å². The summed E-state index contributed by atoms with van der Waals surface area (Å²) in [5.74, 6) is 21.0. The van der Waals surface area contributed by atoms with Crippen molar-refractivity contribution >= 4 is 0 Å². The minimum absolute atomic E-state index is 0.469. The Morgan fingerprint density at radius 2 is 0.512 bits per heavy atom. The summed E-state index contributed by atoms with van der Waals surface area (Å²) in [4.78, 5) is 0. The van der Waals surface area contributed by atoms with Gasteiger partial charge < -0.3 is 0 Å². The molecule has 3 heteroatoms. The van der Waals surface area contributed by atoms with Gasteiger partial charge in [-0.1, -0.05) is 69.2 Å². The van der Waals surface area contributed by atoms with Gasteiger partial charge in [0.05, 0.1) is 0 Å². The van der Waals surface area contributed by atoms with Crippen LogP contribution in [0.4, 0.5) is 0 Å². The molecule has 0 unspecified atom stereocenters. The molecule has 0 N–H and O–H groups in total. The summed E-state index contributed by atoms with van der Waals surface area (Å²) in [5, 5.41) is 0. The van der Waals surface area contributed by atoms with Crippen LogP contribution in [0.3, 0.4) is 0 Å². The molecule has 0 aromatic rings. The first-order chi connectivity index (χ1) is 20.3. The summed E-state index contributed by atoms with van der Waals surface area (Å²) < 4.78 is 11.1. The molecule has 0 spiro atoms. The molecular formula is C40H60N2U+2. The zero-order valence-electron chi connectivity index (χ0n) is 29.3. The van der Waals surface area contributed by atoms with Gasteiger partial charge in [0.2, 0.25) is 0 Å². The average molecular weight is 807 g/mol. The molecule has 10 fully saturated rings. The van der Waals surface area contributed by atoms with Crippen LogP contribution in [0.5, 0.6) is 0 Å². The monoisotopic (exact) mass is 807 g/mol. The molecule has 43 heavy (non-hydrogen) atoms. The van der Waals surface area contributed by atoms with Gasteiger partial charge in [-0.25, -0.2) is 0 Å². The van der Waals surface area contributed by atoms with Crippen LogP contribution in [-0.4, -0.2) is 11.1 Å². The van der Waals surface area contributed by atoms with Crippen LogP contribution < -0.4 is 0 Å². The Bertz CT molecular complexity index is 803. The van der Waals surface area contributed by atoms with Crippen molar-refractivity contribution in [3.05, 3.63) is 59.2 Å². The topological polar surface area (TPSA) is 24.7 Å². The maximum absolute atomic E-state index is 5.53. The second-order valence-electron chi connectivity index (χ2n) is 16.9. The van der Waals surface area contributed by atoms with Gasteiger partial charge in [-0.3, -0.25) is 0 Å². The van der Waals surface area contributed by atoms with Crippen molar-refractivity contribution in [1.29, 1.82) is 0 Å². The first-order valence-corrected chi connectivity index (χ1v) is 21.6. The molecule has 10 saturated carbocycles. The van der Waals surface area contributed by atoms with Crippen LogP contribution in [0.25, 0.3) is 0 Å². The van der Waals surface area contributed by atoms with E-state index in [0.717, 1.165) is 35.5 Å². The molecule has 0 aliphatic heterocycles. The van der Waals surface area contributed by atoms with E-state index in [1.807, 2.05) is 0 Å². The van der Waals surface area contributed by atoms with Crippen molar-refractivity contribution < 1.29 is 27.4 Å². The fourth-order valence-corrected chi connectivity index (χ4v) is 15.7. The van der Waals surface area contributed by atoms with E-state index in [4.69, 9.17) is 4.51 Å². The van der Waals surface area contributed by atoms with Crippen molar-refractivity contribution in [3.8, 4) is 0 Å². The maximum atomic E-state index is 5.53. The Labute approximate surface area is 282 Å². The van der Waals surface area contributed by atoms with Gasteiger partial charge >= 0.3 is 156 Å². The van der Waals surface area contributed by atoms with Crippen LogP contribution in [0.1, 0.15) is 146 Å². The van der Waals surface area contributed by atoms with Crippen LogP contribution in [0.2, 0.25) is 0 Å². The van der Waals surface area contributed by atoms with Gasteiger partial charge in [-0.2, -0.15) is 0 Å². The zero-order valence-corrected chi connectivity index (χ0v) is 33.5. The van der Waals surface area contributed by atoms with E-state index in [1.165, 1.54) is 97.7 Å². The zero-order chi connectivity index (χ0) is 30.8. The van der Waals surface area contributed by atoms with Gasteiger partial charge in [-0.05, 0) is 59.2 Å². The van der Waals surface area contributed by atoms with Gasteiger partial charge in [0.15, 0.2) is 0 Å². The third kappa shape index (κ3) is 6.69. The van der Waals surface area contributed by atoms with E-state index in [1.54, 1.807) is 38.5 Å². The van der Waals surface area contributed by atoms with E-state index in [-0.39, 0.29) is 0 Å². The molecule has 10 radical (unpaired) electrons. The molecule has 0 heterocycles. The fraction of sp³-hybridized carbons (Fsp3) is 0.750. The molecule has 232 valence electrons. The average Bonchev–Trinajstić information content (AvgIpc) is 3.21. The Hall–Kier alpha value is 0.652. The predicted octanol–water partition coefficient (Wildman–Crippen LogP) is 11.3. The molecule has 10 aliphatic carbocycles. The molecule has 0 saturated heterocycles. The van der Waals surface area contributed by atoms with Crippen molar-refractivity contribution in [1.82, 2.24) is 0 Å². The summed E-state index contributed by atoms with van der Waals surface area (Å²) in [5.41, 5.74) is 0.937.